The SMILES string of the molecule is Clc1ccc(-c2nnc(CSc3nnc(-c4cccs4)o3)o2)cc1. The van der Waals surface area contributed by atoms with Crippen LogP contribution in [0.4, 0.5) is 0 Å². The Balaban J connectivity index is 1.42. The molecule has 0 radical (unpaired) electrons. The smallest absolute Gasteiger partial charge is 0.277 e. The first-order valence-corrected chi connectivity index (χ1v) is 9.11. The fourth-order valence-corrected chi connectivity index (χ4v) is 3.28. The number of aromatic nitrogens is 4. The van der Waals surface area contributed by atoms with Crippen molar-refractivity contribution in [3.8, 4) is 22.2 Å². The maximum Gasteiger partial charge on any atom is 0.277 e. The molecular weight excluding hydrogens is 368 g/mol. The van der Waals surface area contributed by atoms with Crippen LogP contribution in [0.3, 0.4) is 0 Å². The highest BCUT2D eigenvalue weighted by atomic mass is 35.5. The van der Waals surface area contributed by atoms with Crippen LogP contribution in [-0.2, 0) is 5.75 Å². The lowest BCUT2D eigenvalue weighted by Gasteiger charge is -1.94. The lowest BCUT2D eigenvalue weighted by molar-refractivity contribution is 0.465. The topological polar surface area (TPSA) is 77.8 Å². The minimum atomic E-state index is 0.451. The van der Waals surface area contributed by atoms with Crippen LogP contribution in [0.5, 0.6) is 0 Å². The van der Waals surface area contributed by atoms with Crippen molar-refractivity contribution in [1.82, 2.24) is 20.4 Å². The Labute approximate surface area is 149 Å². The quantitative estimate of drug-likeness (QED) is 0.463. The van der Waals surface area contributed by atoms with E-state index in [0.717, 1.165) is 10.4 Å². The summed E-state index contributed by atoms with van der Waals surface area (Å²) in [5, 5.41) is 19.2. The summed E-state index contributed by atoms with van der Waals surface area (Å²) >= 11 is 8.77. The summed E-state index contributed by atoms with van der Waals surface area (Å²) in [7, 11) is 0. The van der Waals surface area contributed by atoms with Gasteiger partial charge in [-0.25, -0.2) is 0 Å². The Kier molecular flexibility index (Phi) is 4.33. The molecule has 0 bridgehead atoms. The van der Waals surface area contributed by atoms with Crippen molar-refractivity contribution in [3.63, 3.8) is 0 Å². The minimum absolute atomic E-state index is 0.451. The maximum absolute atomic E-state index is 5.87. The van der Waals surface area contributed by atoms with Gasteiger partial charge >= 0.3 is 0 Å². The summed E-state index contributed by atoms with van der Waals surface area (Å²) in [4.78, 5) is 0.942. The average Bonchev–Trinajstić information content (AvgIpc) is 3.34. The number of hydrogen-bond acceptors (Lipinski definition) is 8. The van der Waals surface area contributed by atoms with E-state index in [1.54, 1.807) is 23.5 Å². The van der Waals surface area contributed by atoms with Crippen molar-refractivity contribution < 1.29 is 8.83 Å². The van der Waals surface area contributed by atoms with E-state index in [2.05, 4.69) is 20.4 Å². The van der Waals surface area contributed by atoms with Gasteiger partial charge in [0.25, 0.3) is 11.1 Å². The molecule has 24 heavy (non-hydrogen) atoms. The maximum atomic E-state index is 5.87. The molecule has 0 aliphatic rings. The van der Waals surface area contributed by atoms with Crippen LogP contribution in [0, 0.1) is 0 Å². The number of hydrogen-bond donors (Lipinski definition) is 0. The van der Waals surface area contributed by atoms with Gasteiger partial charge in [0.05, 0.1) is 10.6 Å². The van der Waals surface area contributed by atoms with E-state index in [1.807, 2.05) is 29.6 Å². The van der Waals surface area contributed by atoms with Crippen LogP contribution in [0.1, 0.15) is 5.89 Å². The highest BCUT2D eigenvalue weighted by molar-refractivity contribution is 7.98. The Morgan fingerprint density at radius 2 is 1.79 bits per heavy atom. The third-order valence-electron chi connectivity index (χ3n) is 3.02. The van der Waals surface area contributed by atoms with E-state index in [0.29, 0.717) is 33.7 Å². The zero-order chi connectivity index (χ0) is 16.4. The molecule has 9 heteroatoms. The van der Waals surface area contributed by atoms with Crippen LogP contribution in [0.2, 0.25) is 5.02 Å². The molecule has 0 fully saturated rings. The average molecular weight is 377 g/mol. The molecule has 0 aliphatic heterocycles. The number of thiophene rings is 1. The first-order valence-electron chi connectivity index (χ1n) is 6.86. The van der Waals surface area contributed by atoms with Crippen molar-refractivity contribution in [1.29, 1.82) is 0 Å². The first kappa shape index (κ1) is 15.4. The number of thioether (sulfide) groups is 1. The first-order chi connectivity index (χ1) is 11.8. The third-order valence-corrected chi connectivity index (χ3v) is 4.93. The predicted octanol–water partition coefficient (Wildman–Crippen LogP) is 4.79. The zero-order valence-corrected chi connectivity index (χ0v) is 14.4. The summed E-state index contributed by atoms with van der Waals surface area (Å²) in [6.45, 7) is 0. The minimum Gasteiger partial charge on any atom is -0.420 e. The second-order valence-corrected chi connectivity index (χ2v) is 6.96. The standard InChI is InChI=1S/C15H9ClN4O2S2/c16-10-5-3-9(4-6-10)13-18-17-12(21-13)8-24-15-20-19-14(22-15)11-2-1-7-23-11/h1-7H,8H2. The number of halogens is 1. The van der Waals surface area contributed by atoms with E-state index >= 15 is 0 Å². The van der Waals surface area contributed by atoms with Gasteiger partial charge in [0.15, 0.2) is 0 Å². The molecule has 0 N–H and O–H groups in total. The molecule has 0 spiro atoms. The molecule has 3 aromatic heterocycles. The second kappa shape index (κ2) is 6.76. The van der Waals surface area contributed by atoms with Crippen molar-refractivity contribution in [2.45, 2.75) is 11.0 Å². The van der Waals surface area contributed by atoms with Gasteiger partial charge < -0.3 is 8.83 Å². The number of nitrogens with zero attached hydrogens (tertiary/aromatic N) is 4. The van der Waals surface area contributed by atoms with Crippen LogP contribution < -0.4 is 0 Å². The fraction of sp³-hybridized carbons (Fsp3) is 0.0667. The predicted molar refractivity (Wildman–Crippen MR) is 91.9 cm³/mol. The van der Waals surface area contributed by atoms with Gasteiger partial charge in [0.2, 0.25) is 11.8 Å². The number of benzene rings is 1. The van der Waals surface area contributed by atoms with E-state index in [4.69, 9.17) is 20.4 Å². The Hall–Kier alpha value is -2.16. The van der Waals surface area contributed by atoms with Crippen LogP contribution in [-0.4, -0.2) is 20.4 Å². The Bertz CT molecular complexity index is 935. The Morgan fingerprint density at radius 3 is 2.58 bits per heavy atom. The summed E-state index contributed by atoms with van der Waals surface area (Å²) < 4.78 is 11.2. The highest BCUT2D eigenvalue weighted by Crippen LogP contribution is 2.28. The normalized spacial score (nSPS) is 11.0. The largest absolute Gasteiger partial charge is 0.420 e. The molecule has 4 aromatic rings. The van der Waals surface area contributed by atoms with Gasteiger partial charge in [-0.15, -0.1) is 31.7 Å². The highest BCUT2D eigenvalue weighted by Gasteiger charge is 2.13. The summed E-state index contributed by atoms with van der Waals surface area (Å²) in [5.41, 5.74) is 0.820. The zero-order valence-electron chi connectivity index (χ0n) is 12.0. The van der Waals surface area contributed by atoms with Crippen molar-refractivity contribution in [2.75, 3.05) is 0 Å². The summed E-state index contributed by atoms with van der Waals surface area (Å²) in [5.74, 6) is 1.90. The van der Waals surface area contributed by atoms with Crippen molar-refractivity contribution in [3.05, 3.63) is 52.7 Å². The molecule has 0 amide bonds. The van der Waals surface area contributed by atoms with Gasteiger partial charge in [-0.1, -0.05) is 29.4 Å². The van der Waals surface area contributed by atoms with Gasteiger partial charge in [-0.2, -0.15) is 0 Å². The molecule has 0 atom stereocenters. The van der Waals surface area contributed by atoms with Crippen LogP contribution in [0.15, 0.2) is 55.8 Å². The van der Waals surface area contributed by atoms with E-state index < -0.39 is 0 Å². The van der Waals surface area contributed by atoms with Crippen LogP contribution >= 0.6 is 34.7 Å². The van der Waals surface area contributed by atoms with Crippen LogP contribution in [0.25, 0.3) is 22.2 Å². The summed E-state index contributed by atoms with van der Waals surface area (Å²) in [6.07, 6.45) is 0. The van der Waals surface area contributed by atoms with Gasteiger partial charge in [-0.3, -0.25) is 0 Å². The van der Waals surface area contributed by atoms with Crippen molar-refractivity contribution in [2.24, 2.45) is 0 Å². The second-order valence-electron chi connectivity index (χ2n) is 4.65. The van der Waals surface area contributed by atoms with E-state index in [9.17, 15) is 0 Å². The monoisotopic (exact) mass is 376 g/mol. The lowest BCUT2D eigenvalue weighted by Crippen LogP contribution is -1.80. The molecule has 6 nitrogen and oxygen atoms in total. The molecule has 0 aliphatic carbocycles. The van der Waals surface area contributed by atoms with Gasteiger partial charge in [0, 0.05) is 10.6 Å². The molecule has 3 heterocycles. The Morgan fingerprint density at radius 1 is 0.958 bits per heavy atom. The molecule has 0 saturated heterocycles. The molecule has 4 rings (SSSR count). The van der Waals surface area contributed by atoms with Gasteiger partial charge in [-0.05, 0) is 35.7 Å². The van der Waals surface area contributed by atoms with E-state index in [-0.39, 0.29) is 0 Å². The fourth-order valence-electron chi connectivity index (χ4n) is 1.91. The number of rotatable bonds is 5. The summed E-state index contributed by atoms with van der Waals surface area (Å²) in [6, 6.07) is 11.1. The molecule has 0 saturated carbocycles. The van der Waals surface area contributed by atoms with Gasteiger partial charge in [0.1, 0.15) is 0 Å². The molecular formula is C15H9ClN4O2S2. The molecule has 1 aromatic carbocycles. The molecule has 120 valence electrons. The molecule has 0 unspecified atom stereocenters. The lowest BCUT2D eigenvalue weighted by atomic mass is 10.2. The van der Waals surface area contributed by atoms with Crippen molar-refractivity contribution >= 4 is 34.7 Å². The third kappa shape index (κ3) is 3.35. The van der Waals surface area contributed by atoms with E-state index in [1.165, 1.54) is 11.8 Å².